The Morgan fingerprint density at radius 2 is 1.56 bits per heavy atom. The summed E-state index contributed by atoms with van der Waals surface area (Å²) in [5, 5.41) is 9.29. The molecule has 3 aromatic rings. The average Bonchev–Trinajstić information content (AvgIpc) is 2.59. The molecule has 0 unspecified atom stereocenters. The lowest BCUT2D eigenvalue weighted by Crippen LogP contribution is -2.56. The van der Waals surface area contributed by atoms with Gasteiger partial charge in [-0.25, -0.2) is 0 Å². The number of hydrogen-bond donors (Lipinski definition) is 0. The lowest BCUT2D eigenvalue weighted by atomic mass is 9.64. The molecule has 136 valence electrons. The van der Waals surface area contributed by atoms with Gasteiger partial charge in [0.25, 0.3) is 0 Å². The summed E-state index contributed by atoms with van der Waals surface area (Å²) in [5.74, 6) is 0. The largest absolute Gasteiger partial charge is 0.411 e. The van der Waals surface area contributed by atoms with E-state index in [2.05, 4.69) is 4.98 Å². The number of nitrogens with zero attached hydrogens (tertiary/aromatic N) is 2. The van der Waals surface area contributed by atoms with Crippen molar-refractivity contribution in [2.24, 2.45) is 0 Å². The fraction of sp³-hybridized carbons (Fsp3) is 0.158. The summed E-state index contributed by atoms with van der Waals surface area (Å²) in [7, 11) is 0. The smallest absolute Gasteiger partial charge is 0.256 e. The molecule has 0 amide bonds. The second kappa shape index (κ2) is 5.22. The zero-order chi connectivity index (χ0) is 19.6. The molecule has 8 heteroatoms. The minimum Gasteiger partial charge on any atom is -0.256 e. The first-order valence-electron chi connectivity index (χ1n) is 7.70. The summed E-state index contributed by atoms with van der Waals surface area (Å²) in [6.45, 7) is 0. The van der Waals surface area contributed by atoms with E-state index in [1.165, 1.54) is 30.5 Å². The van der Waals surface area contributed by atoms with Crippen molar-refractivity contribution in [2.45, 2.75) is 17.8 Å². The van der Waals surface area contributed by atoms with Crippen LogP contribution in [0.4, 0.5) is 26.3 Å². The van der Waals surface area contributed by atoms with Crippen LogP contribution in [0, 0.1) is 11.3 Å². The summed E-state index contributed by atoms with van der Waals surface area (Å²) in [4.78, 5) is 4.04. The van der Waals surface area contributed by atoms with Gasteiger partial charge >= 0.3 is 12.4 Å². The Hall–Kier alpha value is -3.08. The Balaban J connectivity index is 2.38. The Bertz CT molecular complexity index is 1100. The molecule has 2 nitrogen and oxygen atoms in total. The van der Waals surface area contributed by atoms with Gasteiger partial charge in [0.2, 0.25) is 5.41 Å². The molecule has 0 N–H and O–H groups in total. The number of nitriles is 1. The maximum atomic E-state index is 14.3. The lowest BCUT2D eigenvalue weighted by molar-refractivity contribution is -0.288. The highest BCUT2D eigenvalue weighted by molar-refractivity contribution is 6.02. The zero-order valence-electron chi connectivity index (χ0n) is 13.3. The van der Waals surface area contributed by atoms with E-state index in [1.807, 2.05) is 0 Å². The third-order valence-electron chi connectivity index (χ3n) is 4.86. The molecule has 27 heavy (non-hydrogen) atoms. The van der Waals surface area contributed by atoms with Gasteiger partial charge in [0, 0.05) is 22.7 Å². The SMILES string of the molecule is N#Cc1cccc2c1C(C(F)(F)F)(C(F)(F)F)c1cccc3ccnc-2c13. The van der Waals surface area contributed by atoms with Crippen LogP contribution < -0.4 is 0 Å². The van der Waals surface area contributed by atoms with Crippen LogP contribution in [0.5, 0.6) is 0 Å². The summed E-state index contributed by atoms with van der Waals surface area (Å²) >= 11 is 0. The highest BCUT2D eigenvalue weighted by Gasteiger charge is 2.75. The number of hydrogen-bond acceptors (Lipinski definition) is 2. The topological polar surface area (TPSA) is 36.7 Å². The molecule has 0 spiro atoms. The number of fused-ring (bicyclic) bond motifs is 2. The van der Waals surface area contributed by atoms with Crippen LogP contribution in [0.25, 0.3) is 22.0 Å². The van der Waals surface area contributed by atoms with Crippen LogP contribution in [0.1, 0.15) is 16.7 Å². The van der Waals surface area contributed by atoms with E-state index >= 15 is 0 Å². The predicted octanol–water partition coefficient (Wildman–Crippen LogP) is 5.50. The van der Waals surface area contributed by atoms with E-state index in [1.54, 1.807) is 0 Å². The maximum Gasteiger partial charge on any atom is 0.411 e. The van der Waals surface area contributed by atoms with Crippen molar-refractivity contribution >= 4 is 10.8 Å². The van der Waals surface area contributed by atoms with Gasteiger partial charge in [-0.05, 0) is 23.1 Å². The van der Waals surface area contributed by atoms with Crippen molar-refractivity contribution in [1.29, 1.82) is 5.26 Å². The van der Waals surface area contributed by atoms with Crippen molar-refractivity contribution in [3.63, 3.8) is 0 Å². The maximum absolute atomic E-state index is 14.3. The highest BCUT2D eigenvalue weighted by atomic mass is 19.4. The molecule has 0 aliphatic heterocycles. The lowest BCUT2D eigenvalue weighted by Gasteiger charge is -2.42. The number of aromatic nitrogens is 1. The van der Waals surface area contributed by atoms with Crippen molar-refractivity contribution in [3.8, 4) is 17.3 Å². The first kappa shape index (κ1) is 17.3. The van der Waals surface area contributed by atoms with Crippen LogP contribution in [0.3, 0.4) is 0 Å². The number of rotatable bonds is 0. The van der Waals surface area contributed by atoms with Crippen molar-refractivity contribution in [2.75, 3.05) is 0 Å². The fourth-order valence-corrected chi connectivity index (χ4v) is 3.88. The van der Waals surface area contributed by atoms with E-state index < -0.39 is 34.5 Å². The van der Waals surface area contributed by atoms with Gasteiger partial charge in [0.1, 0.15) is 0 Å². The number of alkyl halides is 6. The van der Waals surface area contributed by atoms with Gasteiger partial charge in [-0.1, -0.05) is 30.3 Å². The van der Waals surface area contributed by atoms with E-state index in [4.69, 9.17) is 0 Å². The molecule has 2 aromatic carbocycles. The van der Waals surface area contributed by atoms with Crippen LogP contribution in [0.15, 0.2) is 48.7 Å². The Kier molecular flexibility index (Phi) is 3.35. The van der Waals surface area contributed by atoms with Gasteiger partial charge in [0.15, 0.2) is 0 Å². The summed E-state index contributed by atoms with van der Waals surface area (Å²) in [5.41, 5.74) is -7.43. The van der Waals surface area contributed by atoms with E-state index in [-0.39, 0.29) is 22.0 Å². The summed E-state index contributed by atoms with van der Waals surface area (Å²) in [6, 6.07) is 9.59. The van der Waals surface area contributed by atoms with E-state index in [0.717, 1.165) is 24.3 Å². The normalized spacial score (nSPS) is 15.3. The number of benzene rings is 2. The van der Waals surface area contributed by atoms with Crippen LogP contribution in [0.2, 0.25) is 0 Å². The monoisotopic (exact) mass is 378 g/mol. The van der Waals surface area contributed by atoms with Gasteiger partial charge in [-0.3, -0.25) is 4.98 Å². The highest BCUT2D eigenvalue weighted by Crippen LogP contribution is 2.62. The van der Waals surface area contributed by atoms with Gasteiger partial charge in [-0.2, -0.15) is 31.6 Å². The minimum absolute atomic E-state index is 0.000625. The Labute approximate surface area is 148 Å². The molecule has 0 bridgehead atoms. The summed E-state index contributed by atoms with van der Waals surface area (Å²) < 4.78 is 85.6. The number of pyridine rings is 1. The van der Waals surface area contributed by atoms with Gasteiger partial charge in [0.05, 0.1) is 17.3 Å². The molecular formula is C19H8F6N2. The molecule has 0 radical (unpaired) electrons. The molecule has 0 saturated heterocycles. The first-order valence-corrected chi connectivity index (χ1v) is 7.70. The molecule has 1 heterocycles. The van der Waals surface area contributed by atoms with E-state index in [0.29, 0.717) is 0 Å². The second-order valence-corrected chi connectivity index (χ2v) is 6.15. The quantitative estimate of drug-likeness (QED) is 0.485. The van der Waals surface area contributed by atoms with Crippen LogP contribution in [-0.2, 0) is 5.41 Å². The summed E-state index contributed by atoms with van der Waals surface area (Å²) in [6.07, 6.45) is -10.1. The standard InChI is InChI=1S/C19H8F6N2/c20-18(21,22)17(19(23,24)25)13-6-2-3-10-7-8-27-16(14(10)13)12-5-1-4-11(9-26)15(12)17/h1-8H. The Morgan fingerprint density at radius 3 is 2.19 bits per heavy atom. The third-order valence-corrected chi connectivity index (χ3v) is 4.86. The molecule has 0 fully saturated rings. The average molecular weight is 378 g/mol. The molecule has 4 rings (SSSR count). The molecular weight excluding hydrogens is 370 g/mol. The minimum atomic E-state index is -5.73. The van der Waals surface area contributed by atoms with Gasteiger partial charge in [-0.15, -0.1) is 0 Å². The van der Waals surface area contributed by atoms with E-state index in [9.17, 15) is 31.6 Å². The molecule has 0 atom stereocenters. The van der Waals surface area contributed by atoms with Crippen molar-refractivity contribution < 1.29 is 26.3 Å². The number of halogens is 6. The molecule has 0 saturated carbocycles. The van der Waals surface area contributed by atoms with Crippen molar-refractivity contribution in [1.82, 2.24) is 4.98 Å². The van der Waals surface area contributed by atoms with Crippen LogP contribution in [-0.4, -0.2) is 17.3 Å². The molecule has 1 aliphatic carbocycles. The zero-order valence-corrected chi connectivity index (χ0v) is 13.3. The fourth-order valence-electron chi connectivity index (χ4n) is 3.88. The second-order valence-electron chi connectivity index (χ2n) is 6.15. The predicted molar refractivity (Wildman–Crippen MR) is 84.8 cm³/mol. The molecule has 1 aliphatic rings. The first-order chi connectivity index (χ1) is 12.6. The third kappa shape index (κ3) is 1.99. The van der Waals surface area contributed by atoms with Gasteiger partial charge < -0.3 is 0 Å². The molecule has 1 aromatic heterocycles. The van der Waals surface area contributed by atoms with Crippen LogP contribution >= 0.6 is 0 Å². The van der Waals surface area contributed by atoms with Crippen molar-refractivity contribution in [3.05, 3.63) is 65.4 Å². The Morgan fingerprint density at radius 1 is 0.889 bits per heavy atom.